The van der Waals surface area contributed by atoms with Gasteiger partial charge in [-0.15, -0.1) is 0 Å². The first-order chi connectivity index (χ1) is 8.73. The average molecular weight is 242 g/mol. The molecule has 1 aromatic rings. The highest BCUT2D eigenvalue weighted by Crippen LogP contribution is 2.47. The first-order valence-corrected chi connectivity index (χ1v) is 6.52. The van der Waals surface area contributed by atoms with Gasteiger partial charge in [-0.05, 0) is 31.4 Å². The summed E-state index contributed by atoms with van der Waals surface area (Å²) < 4.78 is 0. The summed E-state index contributed by atoms with van der Waals surface area (Å²) in [5, 5.41) is 9.15. The normalized spacial score (nSPS) is 15.8. The van der Waals surface area contributed by atoms with E-state index in [1.807, 2.05) is 30.3 Å². The van der Waals surface area contributed by atoms with E-state index in [0.717, 1.165) is 18.5 Å². The zero-order valence-electron chi connectivity index (χ0n) is 10.7. The molecule has 0 heterocycles. The molecular formula is C15H18N2O. The lowest BCUT2D eigenvalue weighted by Gasteiger charge is -2.24. The number of amides is 1. The molecule has 1 aromatic carbocycles. The van der Waals surface area contributed by atoms with Gasteiger partial charge in [0.1, 0.15) is 5.41 Å². The predicted molar refractivity (Wildman–Crippen MR) is 71.0 cm³/mol. The van der Waals surface area contributed by atoms with Crippen molar-refractivity contribution in [1.82, 2.24) is 0 Å². The van der Waals surface area contributed by atoms with E-state index in [0.29, 0.717) is 19.4 Å². The van der Waals surface area contributed by atoms with Gasteiger partial charge in [-0.1, -0.05) is 31.5 Å². The highest BCUT2D eigenvalue weighted by Gasteiger charge is 2.52. The van der Waals surface area contributed by atoms with Gasteiger partial charge >= 0.3 is 0 Å². The van der Waals surface area contributed by atoms with E-state index in [1.165, 1.54) is 0 Å². The summed E-state index contributed by atoms with van der Waals surface area (Å²) in [6.07, 6.45) is 3.41. The summed E-state index contributed by atoms with van der Waals surface area (Å²) >= 11 is 0. The fourth-order valence-corrected chi connectivity index (χ4v) is 2.03. The smallest absolute Gasteiger partial charge is 0.247 e. The molecule has 0 N–H and O–H groups in total. The topological polar surface area (TPSA) is 44.1 Å². The lowest BCUT2D eigenvalue weighted by molar-refractivity contribution is -0.121. The number of nitrogens with zero attached hydrogens (tertiary/aromatic N) is 2. The van der Waals surface area contributed by atoms with Crippen LogP contribution in [0.15, 0.2) is 30.3 Å². The largest absolute Gasteiger partial charge is 0.311 e. The molecule has 18 heavy (non-hydrogen) atoms. The van der Waals surface area contributed by atoms with E-state index in [2.05, 4.69) is 13.0 Å². The lowest BCUT2D eigenvalue weighted by atomic mass is 10.1. The molecule has 1 fully saturated rings. The molecule has 3 nitrogen and oxygen atoms in total. The Bertz CT molecular complexity index is 457. The number of unbranched alkanes of at least 4 members (excludes halogenated alkanes) is 1. The highest BCUT2D eigenvalue weighted by atomic mass is 16.2. The van der Waals surface area contributed by atoms with Crippen LogP contribution in [0.4, 0.5) is 5.69 Å². The number of nitriles is 1. The number of hydrogen-bond donors (Lipinski definition) is 0. The summed E-state index contributed by atoms with van der Waals surface area (Å²) in [7, 11) is 0. The second-order valence-electron chi connectivity index (χ2n) is 4.84. The molecule has 1 saturated carbocycles. The van der Waals surface area contributed by atoms with Crippen LogP contribution in [0.3, 0.4) is 0 Å². The van der Waals surface area contributed by atoms with E-state index >= 15 is 0 Å². The van der Waals surface area contributed by atoms with Crippen LogP contribution >= 0.6 is 0 Å². The quantitative estimate of drug-likeness (QED) is 0.796. The fraction of sp³-hybridized carbons (Fsp3) is 0.467. The molecule has 1 aliphatic carbocycles. The average Bonchev–Trinajstić information content (AvgIpc) is 3.21. The molecule has 0 bridgehead atoms. The molecule has 2 rings (SSSR count). The molecule has 0 radical (unpaired) electrons. The first kappa shape index (κ1) is 12.6. The van der Waals surface area contributed by atoms with Gasteiger partial charge in [-0.3, -0.25) is 4.79 Å². The third-order valence-electron chi connectivity index (χ3n) is 3.42. The van der Waals surface area contributed by atoms with E-state index < -0.39 is 5.41 Å². The van der Waals surface area contributed by atoms with Crippen molar-refractivity contribution in [2.45, 2.75) is 32.6 Å². The van der Waals surface area contributed by atoms with Crippen molar-refractivity contribution in [2.75, 3.05) is 11.4 Å². The maximum atomic E-state index is 12.5. The molecule has 0 aliphatic heterocycles. The van der Waals surface area contributed by atoms with Gasteiger partial charge in [0.2, 0.25) is 5.91 Å². The Balaban J connectivity index is 2.21. The van der Waals surface area contributed by atoms with Gasteiger partial charge in [0, 0.05) is 12.2 Å². The lowest BCUT2D eigenvalue weighted by Crippen LogP contribution is -2.37. The summed E-state index contributed by atoms with van der Waals surface area (Å²) in [6.45, 7) is 2.80. The van der Waals surface area contributed by atoms with Crippen molar-refractivity contribution >= 4 is 11.6 Å². The van der Waals surface area contributed by atoms with Crippen LogP contribution in [0, 0.1) is 16.7 Å². The van der Waals surface area contributed by atoms with Gasteiger partial charge in [0.25, 0.3) is 0 Å². The summed E-state index contributed by atoms with van der Waals surface area (Å²) in [5.41, 5.74) is 0.168. The second-order valence-corrected chi connectivity index (χ2v) is 4.84. The zero-order chi connectivity index (χ0) is 13.0. The Morgan fingerprint density at radius 3 is 2.56 bits per heavy atom. The van der Waals surface area contributed by atoms with Crippen LogP contribution in [0.5, 0.6) is 0 Å². The van der Waals surface area contributed by atoms with Crippen LogP contribution in [-0.2, 0) is 4.79 Å². The molecule has 1 amide bonds. The van der Waals surface area contributed by atoms with Gasteiger partial charge in [0.15, 0.2) is 0 Å². The Hall–Kier alpha value is -1.82. The van der Waals surface area contributed by atoms with Gasteiger partial charge in [-0.25, -0.2) is 0 Å². The third-order valence-corrected chi connectivity index (χ3v) is 3.42. The van der Waals surface area contributed by atoms with Gasteiger partial charge < -0.3 is 4.90 Å². The molecule has 0 spiro atoms. The molecule has 0 saturated heterocycles. The van der Waals surface area contributed by atoms with Gasteiger partial charge in [0.05, 0.1) is 6.07 Å². The minimum atomic E-state index is -0.733. The van der Waals surface area contributed by atoms with E-state index in [9.17, 15) is 4.79 Å². The van der Waals surface area contributed by atoms with Crippen LogP contribution in [0.1, 0.15) is 32.6 Å². The van der Waals surface area contributed by atoms with Crippen molar-refractivity contribution < 1.29 is 4.79 Å². The monoisotopic (exact) mass is 242 g/mol. The number of benzene rings is 1. The molecule has 0 unspecified atom stereocenters. The van der Waals surface area contributed by atoms with E-state index in [4.69, 9.17) is 5.26 Å². The van der Waals surface area contributed by atoms with Crippen molar-refractivity contribution in [3.05, 3.63) is 30.3 Å². The Morgan fingerprint density at radius 1 is 1.39 bits per heavy atom. The summed E-state index contributed by atoms with van der Waals surface area (Å²) in [5.74, 6) is -0.0235. The minimum Gasteiger partial charge on any atom is -0.311 e. The predicted octanol–water partition coefficient (Wildman–Crippen LogP) is 3.12. The zero-order valence-corrected chi connectivity index (χ0v) is 10.7. The number of anilines is 1. The molecular weight excluding hydrogens is 224 g/mol. The summed E-state index contributed by atoms with van der Waals surface area (Å²) in [4.78, 5) is 14.2. The van der Waals surface area contributed by atoms with E-state index in [1.54, 1.807) is 4.90 Å². The minimum absolute atomic E-state index is 0.0235. The number of para-hydroxylation sites is 1. The standard InChI is InChI=1S/C15H18N2O/c1-2-3-11-17(13-7-5-4-6-8-13)14(18)15(12-16)9-10-15/h4-8H,2-3,9-11H2,1H3. The first-order valence-electron chi connectivity index (χ1n) is 6.52. The third kappa shape index (κ3) is 2.38. The van der Waals surface area contributed by atoms with Crippen molar-refractivity contribution in [2.24, 2.45) is 5.41 Å². The second kappa shape index (κ2) is 5.22. The van der Waals surface area contributed by atoms with Crippen LogP contribution in [0.25, 0.3) is 0 Å². The van der Waals surface area contributed by atoms with E-state index in [-0.39, 0.29) is 5.91 Å². The number of carbonyl (C=O) groups is 1. The number of hydrogen-bond acceptors (Lipinski definition) is 2. The number of carbonyl (C=O) groups excluding carboxylic acids is 1. The summed E-state index contributed by atoms with van der Waals surface area (Å²) in [6, 6.07) is 11.8. The molecule has 0 aromatic heterocycles. The SMILES string of the molecule is CCCCN(C(=O)C1(C#N)CC1)c1ccccc1. The Morgan fingerprint density at radius 2 is 2.06 bits per heavy atom. The maximum Gasteiger partial charge on any atom is 0.247 e. The van der Waals surface area contributed by atoms with Crippen molar-refractivity contribution in [3.8, 4) is 6.07 Å². The molecule has 0 atom stereocenters. The highest BCUT2D eigenvalue weighted by molar-refractivity contribution is 6.01. The van der Waals surface area contributed by atoms with Crippen LogP contribution in [-0.4, -0.2) is 12.5 Å². The maximum absolute atomic E-state index is 12.5. The molecule has 1 aliphatic rings. The van der Waals surface area contributed by atoms with Crippen LogP contribution in [0.2, 0.25) is 0 Å². The Kier molecular flexibility index (Phi) is 3.66. The van der Waals surface area contributed by atoms with Crippen LogP contribution < -0.4 is 4.90 Å². The van der Waals surface area contributed by atoms with Crippen molar-refractivity contribution in [1.29, 1.82) is 5.26 Å². The molecule has 94 valence electrons. The molecule has 3 heteroatoms. The Labute approximate surface area is 108 Å². The number of rotatable bonds is 5. The fourth-order valence-electron chi connectivity index (χ4n) is 2.03. The van der Waals surface area contributed by atoms with Gasteiger partial charge in [-0.2, -0.15) is 5.26 Å². The van der Waals surface area contributed by atoms with Crippen molar-refractivity contribution in [3.63, 3.8) is 0 Å².